The number of halogens is 1. The van der Waals surface area contributed by atoms with E-state index in [0.29, 0.717) is 18.7 Å². The van der Waals surface area contributed by atoms with Gasteiger partial charge in [-0.15, -0.1) is 0 Å². The predicted octanol–water partition coefficient (Wildman–Crippen LogP) is 4.44. The average Bonchev–Trinajstić information content (AvgIpc) is 3.05. The molecule has 4 aromatic rings. The molecule has 28 heavy (non-hydrogen) atoms. The third kappa shape index (κ3) is 2.85. The molecule has 4 nitrogen and oxygen atoms in total. The minimum absolute atomic E-state index is 0.290. The van der Waals surface area contributed by atoms with Crippen LogP contribution in [0.4, 0.5) is 4.39 Å². The molecule has 0 amide bonds. The Hall–Kier alpha value is -3.15. The molecule has 0 bridgehead atoms. The molecular formula is C23H18FN3O. The van der Waals surface area contributed by atoms with Crippen LogP contribution in [0.15, 0.2) is 73.1 Å². The van der Waals surface area contributed by atoms with Gasteiger partial charge in [0.25, 0.3) is 0 Å². The van der Waals surface area contributed by atoms with Crippen LogP contribution in [0.25, 0.3) is 22.0 Å². The van der Waals surface area contributed by atoms with E-state index in [1.165, 1.54) is 0 Å². The molecule has 5 heteroatoms. The quantitative estimate of drug-likeness (QED) is 0.578. The van der Waals surface area contributed by atoms with E-state index < -0.39 is 6.23 Å². The van der Waals surface area contributed by atoms with Gasteiger partial charge in [0.2, 0.25) is 0 Å². The average molecular weight is 371 g/mol. The predicted molar refractivity (Wildman–Crippen MR) is 106 cm³/mol. The SMILES string of the molecule is OC1c2cccnc2CN1Cc1ccc(-c2cccc3cccnc23)cc1F. The van der Waals surface area contributed by atoms with Gasteiger partial charge in [0.1, 0.15) is 12.0 Å². The molecule has 5 rings (SSSR count). The van der Waals surface area contributed by atoms with Crippen LogP contribution in [0.2, 0.25) is 0 Å². The minimum atomic E-state index is -0.759. The van der Waals surface area contributed by atoms with E-state index in [0.717, 1.165) is 33.3 Å². The van der Waals surface area contributed by atoms with Crippen molar-refractivity contribution in [2.45, 2.75) is 19.3 Å². The molecule has 1 unspecified atom stereocenters. The zero-order chi connectivity index (χ0) is 19.1. The maximum atomic E-state index is 14.9. The number of rotatable bonds is 3. The lowest BCUT2D eigenvalue weighted by atomic mass is 10.0. The number of hydrogen-bond acceptors (Lipinski definition) is 4. The van der Waals surface area contributed by atoms with Gasteiger partial charge in [-0.25, -0.2) is 4.39 Å². The van der Waals surface area contributed by atoms with Crippen molar-refractivity contribution in [2.24, 2.45) is 0 Å². The summed E-state index contributed by atoms with van der Waals surface area (Å²) in [7, 11) is 0. The number of hydrogen-bond donors (Lipinski definition) is 1. The van der Waals surface area contributed by atoms with Gasteiger partial charge in [0.05, 0.1) is 11.2 Å². The molecule has 138 valence electrons. The number of pyridine rings is 2. The topological polar surface area (TPSA) is 49.3 Å². The molecule has 3 heterocycles. The van der Waals surface area contributed by atoms with E-state index in [9.17, 15) is 9.50 Å². The normalized spacial score (nSPS) is 16.4. The second kappa shape index (κ2) is 6.78. The monoisotopic (exact) mass is 371 g/mol. The van der Waals surface area contributed by atoms with Crippen molar-refractivity contribution in [2.75, 3.05) is 0 Å². The highest BCUT2D eigenvalue weighted by molar-refractivity contribution is 5.93. The van der Waals surface area contributed by atoms with Gasteiger partial charge in [-0.05, 0) is 23.8 Å². The molecule has 0 spiro atoms. The summed E-state index contributed by atoms with van der Waals surface area (Å²) >= 11 is 0. The Bertz CT molecular complexity index is 1170. The Morgan fingerprint density at radius 3 is 2.68 bits per heavy atom. The zero-order valence-corrected chi connectivity index (χ0v) is 15.1. The van der Waals surface area contributed by atoms with E-state index in [4.69, 9.17) is 0 Å². The molecule has 0 radical (unpaired) electrons. The number of aromatic nitrogens is 2. The van der Waals surface area contributed by atoms with Crippen LogP contribution in [-0.4, -0.2) is 20.0 Å². The van der Waals surface area contributed by atoms with E-state index in [1.54, 1.807) is 30.6 Å². The first-order chi connectivity index (χ1) is 13.7. The van der Waals surface area contributed by atoms with Gasteiger partial charge in [-0.3, -0.25) is 14.9 Å². The number of aliphatic hydroxyl groups excluding tert-OH is 1. The van der Waals surface area contributed by atoms with Crippen molar-refractivity contribution >= 4 is 10.9 Å². The van der Waals surface area contributed by atoms with Gasteiger partial charge in [0.15, 0.2) is 0 Å². The molecule has 1 aliphatic rings. The molecule has 0 aliphatic carbocycles. The van der Waals surface area contributed by atoms with E-state index in [2.05, 4.69) is 9.97 Å². The molecule has 2 aromatic heterocycles. The Labute approximate surface area is 161 Å². The first-order valence-electron chi connectivity index (χ1n) is 9.19. The molecule has 0 saturated heterocycles. The number of nitrogens with zero attached hydrogens (tertiary/aromatic N) is 3. The minimum Gasteiger partial charge on any atom is -0.374 e. The molecule has 1 N–H and O–H groups in total. The Morgan fingerprint density at radius 2 is 1.82 bits per heavy atom. The van der Waals surface area contributed by atoms with Crippen LogP contribution in [0.3, 0.4) is 0 Å². The molecule has 1 aliphatic heterocycles. The molecule has 1 atom stereocenters. The van der Waals surface area contributed by atoms with Crippen molar-refractivity contribution in [3.05, 3.63) is 95.7 Å². The number of aliphatic hydroxyl groups is 1. The zero-order valence-electron chi connectivity index (χ0n) is 15.1. The molecule has 0 fully saturated rings. The van der Waals surface area contributed by atoms with E-state index in [-0.39, 0.29) is 5.82 Å². The van der Waals surface area contributed by atoms with Crippen LogP contribution in [0.1, 0.15) is 23.0 Å². The summed E-state index contributed by atoms with van der Waals surface area (Å²) in [6.45, 7) is 0.823. The molecule has 2 aromatic carbocycles. The van der Waals surface area contributed by atoms with Crippen molar-refractivity contribution in [1.29, 1.82) is 0 Å². The van der Waals surface area contributed by atoms with Gasteiger partial charge in [-0.1, -0.05) is 42.5 Å². The summed E-state index contributed by atoms with van der Waals surface area (Å²) < 4.78 is 14.9. The van der Waals surface area contributed by atoms with Crippen LogP contribution >= 0.6 is 0 Å². The van der Waals surface area contributed by atoms with Crippen LogP contribution < -0.4 is 0 Å². The highest BCUT2D eigenvalue weighted by Gasteiger charge is 2.29. The van der Waals surface area contributed by atoms with Crippen molar-refractivity contribution in [1.82, 2.24) is 14.9 Å². The number of benzene rings is 2. The fourth-order valence-corrected chi connectivity index (χ4v) is 3.83. The van der Waals surface area contributed by atoms with Crippen molar-refractivity contribution in [3.63, 3.8) is 0 Å². The van der Waals surface area contributed by atoms with Crippen molar-refractivity contribution in [3.8, 4) is 11.1 Å². The van der Waals surface area contributed by atoms with Gasteiger partial charge < -0.3 is 5.11 Å². The molecular weight excluding hydrogens is 353 g/mol. The van der Waals surface area contributed by atoms with Crippen molar-refractivity contribution < 1.29 is 9.50 Å². The summed E-state index contributed by atoms with van der Waals surface area (Å²) in [5, 5.41) is 11.5. The lowest BCUT2D eigenvalue weighted by molar-refractivity contribution is 0.00695. The van der Waals surface area contributed by atoms with E-state index in [1.807, 2.05) is 47.4 Å². The smallest absolute Gasteiger partial charge is 0.136 e. The fourth-order valence-electron chi connectivity index (χ4n) is 3.83. The Morgan fingerprint density at radius 1 is 1.00 bits per heavy atom. The Kier molecular flexibility index (Phi) is 4.11. The number of para-hydroxylation sites is 1. The summed E-state index contributed by atoms with van der Waals surface area (Å²) in [6, 6.07) is 18.7. The second-order valence-electron chi connectivity index (χ2n) is 7.00. The fraction of sp³-hybridized carbons (Fsp3) is 0.130. The lowest BCUT2D eigenvalue weighted by Crippen LogP contribution is -2.22. The highest BCUT2D eigenvalue weighted by atomic mass is 19.1. The van der Waals surface area contributed by atoms with Crippen LogP contribution in [0, 0.1) is 5.82 Å². The first kappa shape index (κ1) is 17.0. The third-order valence-corrected chi connectivity index (χ3v) is 5.27. The standard InChI is InChI=1S/C23H18FN3O/c24-20-12-16(18-6-1-4-15-5-2-11-26-22(15)18)8-9-17(20)13-27-14-21-19(23(27)28)7-3-10-25-21/h1-12,23,28H,13-14H2. The maximum absolute atomic E-state index is 14.9. The van der Waals surface area contributed by atoms with Gasteiger partial charge in [0, 0.05) is 47.6 Å². The third-order valence-electron chi connectivity index (χ3n) is 5.27. The second-order valence-corrected chi connectivity index (χ2v) is 7.00. The Balaban J connectivity index is 1.45. The highest BCUT2D eigenvalue weighted by Crippen LogP contribution is 2.33. The van der Waals surface area contributed by atoms with E-state index >= 15 is 0 Å². The maximum Gasteiger partial charge on any atom is 0.136 e. The van der Waals surface area contributed by atoms with Gasteiger partial charge >= 0.3 is 0 Å². The largest absolute Gasteiger partial charge is 0.374 e. The van der Waals surface area contributed by atoms with Gasteiger partial charge in [-0.2, -0.15) is 0 Å². The summed E-state index contributed by atoms with van der Waals surface area (Å²) in [4.78, 5) is 10.6. The molecule has 0 saturated carbocycles. The number of fused-ring (bicyclic) bond motifs is 2. The summed E-state index contributed by atoms with van der Waals surface area (Å²) in [5.74, 6) is -0.290. The first-order valence-corrected chi connectivity index (χ1v) is 9.19. The summed E-state index contributed by atoms with van der Waals surface area (Å²) in [6.07, 6.45) is 2.70. The van der Waals surface area contributed by atoms with Crippen LogP contribution in [0.5, 0.6) is 0 Å². The lowest BCUT2D eigenvalue weighted by Gasteiger charge is -2.20. The summed E-state index contributed by atoms with van der Waals surface area (Å²) in [5.41, 5.74) is 4.73. The van der Waals surface area contributed by atoms with Crippen LogP contribution in [-0.2, 0) is 13.1 Å².